The fourth-order valence-corrected chi connectivity index (χ4v) is 3.15. The minimum Gasteiger partial charge on any atom is -0.388 e. The average molecular weight is 304 g/mol. The standard InChI is InChI=1S/C18H28N2O2/c1-14(2)20-13-7-6-10-16(20)18(22)19-12-11-17(21)15-8-4-3-5-9-15/h3-5,8-9,14,16-17,21H,6-7,10-13H2,1-2H3,(H,19,22)/t16-,17-/m1/s1. The molecule has 4 nitrogen and oxygen atoms in total. The number of amides is 1. The quantitative estimate of drug-likeness (QED) is 0.849. The summed E-state index contributed by atoms with van der Waals surface area (Å²) in [6.07, 6.45) is 3.26. The second kappa shape index (κ2) is 8.30. The normalized spacial score (nSPS) is 20.8. The van der Waals surface area contributed by atoms with E-state index in [9.17, 15) is 9.90 Å². The minimum atomic E-state index is -0.519. The number of nitrogens with zero attached hydrogens (tertiary/aromatic N) is 1. The monoisotopic (exact) mass is 304 g/mol. The Hall–Kier alpha value is -1.39. The van der Waals surface area contributed by atoms with Gasteiger partial charge in [0.1, 0.15) is 0 Å². The zero-order chi connectivity index (χ0) is 15.9. The Kier molecular flexibility index (Phi) is 6.40. The van der Waals surface area contributed by atoms with Crippen molar-refractivity contribution in [2.24, 2.45) is 0 Å². The van der Waals surface area contributed by atoms with E-state index in [0.717, 1.165) is 24.9 Å². The molecule has 0 aromatic heterocycles. The number of piperidine rings is 1. The lowest BCUT2D eigenvalue weighted by molar-refractivity contribution is -0.128. The third-order valence-corrected chi connectivity index (χ3v) is 4.41. The summed E-state index contributed by atoms with van der Waals surface area (Å²) in [5, 5.41) is 13.1. The highest BCUT2D eigenvalue weighted by atomic mass is 16.3. The Morgan fingerprint density at radius 1 is 1.32 bits per heavy atom. The average Bonchev–Trinajstić information content (AvgIpc) is 2.55. The summed E-state index contributed by atoms with van der Waals surface area (Å²) in [4.78, 5) is 14.7. The molecule has 0 radical (unpaired) electrons. The van der Waals surface area contributed by atoms with Gasteiger partial charge in [0.15, 0.2) is 0 Å². The van der Waals surface area contributed by atoms with Gasteiger partial charge in [0.2, 0.25) is 5.91 Å². The van der Waals surface area contributed by atoms with Crippen molar-refractivity contribution in [1.82, 2.24) is 10.2 Å². The van der Waals surface area contributed by atoms with E-state index in [1.165, 1.54) is 6.42 Å². The van der Waals surface area contributed by atoms with Gasteiger partial charge in [-0.3, -0.25) is 9.69 Å². The van der Waals surface area contributed by atoms with E-state index in [1.54, 1.807) is 0 Å². The number of aliphatic hydroxyl groups excluding tert-OH is 1. The Bertz CT molecular complexity index is 461. The van der Waals surface area contributed by atoms with Crippen LogP contribution in [-0.4, -0.2) is 41.1 Å². The molecule has 2 atom stereocenters. The Balaban J connectivity index is 1.79. The van der Waals surface area contributed by atoms with Crippen LogP contribution in [0.25, 0.3) is 0 Å². The molecule has 122 valence electrons. The number of hydrogen-bond donors (Lipinski definition) is 2. The minimum absolute atomic E-state index is 0.0115. The lowest BCUT2D eigenvalue weighted by Gasteiger charge is -2.37. The van der Waals surface area contributed by atoms with Gasteiger partial charge >= 0.3 is 0 Å². The Labute approximate surface area is 133 Å². The van der Waals surface area contributed by atoms with Gasteiger partial charge < -0.3 is 10.4 Å². The molecule has 0 spiro atoms. The van der Waals surface area contributed by atoms with E-state index in [1.807, 2.05) is 30.3 Å². The summed E-state index contributed by atoms with van der Waals surface area (Å²) < 4.78 is 0. The summed E-state index contributed by atoms with van der Waals surface area (Å²) >= 11 is 0. The maximum Gasteiger partial charge on any atom is 0.237 e. The fourth-order valence-electron chi connectivity index (χ4n) is 3.15. The lowest BCUT2D eigenvalue weighted by atomic mass is 9.99. The molecule has 0 unspecified atom stereocenters. The van der Waals surface area contributed by atoms with Crippen molar-refractivity contribution < 1.29 is 9.90 Å². The molecule has 0 bridgehead atoms. The molecule has 1 fully saturated rings. The van der Waals surface area contributed by atoms with E-state index in [-0.39, 0.29) is 11.9 Å². The van der Waals surface area contributed by atoms with Crippen LogP contribution in [0.3, 0.4) is 0 Å². The van der Waals surface area contributed by atoms with Crippen molar-refractivity contribution in [3.8, 4) is 0 Å². The molecular formula is C18H28N2O2. The van der Waals surface area contributed by atoms with Gasteiger partial charge in [0, 0.05) is 12.6 Å². The smallest absolute Gasteiger partial charge is 0.237 e. The van der Waals surface area contributed by atoms with Crippen LogP contribution in [0.1, 0.15) is 51.2 Å². The molecular weight excluding hydrogens is 276 g/mol. The fraction of sp³-hybridized carbons (Fsp3) is 0.611. The Morgan fingerprint density at radius 2 is 2.05 bits per heavy atom. The zero-order valence-electron chi connectivity index (χ0n) is 13.7. The SMILES string of the molecule is CC(C)N1CCCC[C@@H]1C(=O)NCC[C@@H](O)c1ccccc1. The maximum absolute atomic E-state index is 12.4. The highest BCUT2D eigenvalue weighted by Gasteiger charge is 2.29. The number of rotatable bonds is 6. The highest BCUT2D eigenvalue weighted by molar-refractivity contribution is 5.81. The predicted octanol–water partition coefficient (Wildman–Crippen LogP) is 2.49. The molecule has 0 aliphatic carbocycles. The van der Waals surface area contributed by atoms with Crippen LogP contribution in [0.5, 0.6) is 0 Å². The lowest BCUT2D eigenvalue weighted by Crippen LogP contribution is -2.52. The van der Waals surface area contributed by atoms with Crippen LogP contribution in [0.15, 0.2) is 30.3 Å². The van der Waals surface area contributed by atoms with Crippen LogP contribution in [0, 0.1) is 0 Å². The second-order valence-corrected chi connectivity index (χ2v) is 6.35. The summed E-state index contributed by atoms with van der Waals surface area (Å²) in [6, 6.07) is 9.97. The van der Waals surface area contributed by atoms with Gasteiger partial charge in [-0.15, -0.1) is 0 Å². The Morgan fingerprint density at radius 3 is 2.73 bits per heavy atom. The molecule has 0 saturated carbocycles. The maximum atomic E-state index is 12.4. The summed E-state index contributed by atoms with van der Waals surface area (Å²) in [5.74, 6) is 0.105. The van der Waals surface area contributed by atoms with Crippen molar-refractivity contribution in [3.05, 3.63) is 35.9 Å². The molecule has 1 saturated heterocycles. The van der Waals surface area contributed by atoms with Gasteiger partial charge in [0.25, 0.3) is 0 Å². The molecule has 1 heterocycles. The van der Waals surface area contributed by atoms with E-state index >= 15 is 0 Å². The molecule has 4 heteroatoms. The number of hydrogen-bond acceptors (Lipinski definition) is 3. The molecule has 1 aliphatic rings. The van der Waals surface area contributed by atoms with Crippen LogP contribution in [0.4, 0.5) is 0 Å². The van der Waals surface area contributed by atoms with Gasteiger partial charge in [-0.1, -0.05) is 36.8 Å². The molecule has 2 rings (SSSR count). The molecule has 2 N–H and O–H groups in total. The van der Waals surface area contributed by atoms with E-state index in [4.69, 9.17) is 0 Å². The van der Waals surface area contributed by atoms with Gasteiger partial charge in [-0.2, -0.15) is 0 Å². The number of carbonyl (C=O) groups excluding carboxylic acids is 1. The first-order valence-corrected chi connectivity index (χ1v) is 8.36. The number of aliphatic hydroxyl groups is 1. The molecule has 1 amide bonds. The summed E-state index contributed by atoms with van der Waals surface area (Å²) in [5.41, 5.74) is 0.901. The van der Waals surface area contributed by atoms with Gasteiger partial charge in [-0.25, -0.2) is 0 Å². The van der Waals surface area contributed by atoms with Crippen molar-refractivity contribution in [1.29, 1.82) is 0 Å². The highest BCUT2D eigenvalue weighted by Crippen LogP contribution is 2.20. The van der Waals surface area contributed by atoms with Crippen LogP contribution in [-0.2, 0) is 4.79 Å². The number of carbonyl (C=O) groups is 1. The first-order valence-electron chi connectivity index (χ1n) is 8.36. The zero-order valence-corrected chi connectivity index (χ0v) is 13.7. The summed E-state index contributed by atoms with van der Waals surface area (Å²) in [7, 11) is 0. The van der Waals surface area contributed by atoms with Crippen molar-refractivity contribution >= 4 is 5.91 Å². The van der Waals surface area contributed by atoms with E-state index < -0.39 is 6.10 Å². The van der Waals surface area contributed by atoms with Crippen molar-refractivity contribution in [2.75, 3.05) is 13.1 Å². The molecule has 1 aliphatic heterocycles. The van der Waals surface area contributed by atoms with E-state index in [2.05, 4.69) is 24.1 Å². The van der Waals surface area contributed by atoms with Crippen LogP contribution in [0.2, 0.25) is 0 Å². The topological polar surface area (TPSA) is 52.6 Å². The van der Waals surface area contributed by atoms with Crippen molar-refractivity contribution in [3.63, 3.8) is 0 Å². The first kappa shape index (κ1) is 17.0. The number of benzene rings is 1. The number of nitrogens with one attached hydrogen (secondary N) is 1. The van der Waals surface area contributed by atoms with Crippen LogP contribution < -0.4 is 5.32 Å². The summed E-state index contributed by atoms with van der Waals surface area (Å²) in [6.45, 7) is 5.80. The van der Waals surface area contributed by atoms with Gasteiger partial charge in [0.05, 0.1) is 12.1 Å². The van der Waals surface area contributed by atoms with E-state index in [0.29, 0.717) is 19.0 Å². The third-order valence-electron chi connectivity index (χ3n) is 4.41. The van der Waals surface area contributed by atoms with Crippen LogP contribution >= 0.6 is 0 Å². The first-order chi connectivity index (χ1) is 10.6. The largest absolute Gasteiger partial charge is 0.388 e. The number of likely N-dealkylation sites (tertiary alicyclic amines) is 1. The molecule has 1 aromatic rings. The predicted molar refractivity (Wildman–Crippen MR) is 88.5 cm³/mol. The van der Waals surface area contributed by atoms with Crippen molar-refractivity contribution in [2.45, 2.75) is 57.7 Å². The third kappa shape index (κ3) is 4.55. The second-order valence-electron chi connectivity index (χ2n) is 6.35. The van der Waals surface area contributed by atoms with Gasteiger partial charge in [-0.05, 0) is 45.2 Å². The molecule has 22 heavy (non-hydrogen) atoms. The molecule has 1 aromatic carbocycles.